The van der Waals surface area contributed by atoms with Gasteiger partial charge in [-0.25, -0.2) is 4.79 Å². The molecule has 1 aliphatic carbocycles. The number of carboxylic acids is 1. The fraction of sp³-hybridized carbons (Fsp3) is 0.545. The van der Waals surface area contributed by atoms with Crippen LogP contribution in [-0.2, 0) is 6.54 Å². The van der Waals surface area contributed by atoms with Crippen LogP contribution in [0.1, 0.15) is 41.1 Å². The first-order valence-corrected chi connectivity index (χ1v) is 5.23. The van der Waals surface area contributed by atoms with Crippen molar-refractivity contribution in [2.75, 3.05) is 0 Å². The first kappa shape index (κ1) is 10.2. The van der Waals surface area contributed by atoms with Crippen molar-refractivity contribution in [1.29, 1.82) is 0 Å². The van der Waals surface area contributed by atoms with Crippen LogP contribution in [0.2, 0.25) is 0 Å². The first-order valence-electron chi connectivity index (χ1n) is 5.23. The molecule has 1 aliphatic rings. The highest BCUT2D eigenvalue weighted by Gasteiger charge is 2.18. The molecule has 1 aromatic rings. The van der Waals surface area contributed by atoms with Gasteiger partial charge in [-0.05, 0) is 25.8 Å². The molecule has 0 unspecified atom stereocenters. The summed E-state index contributed by atoms with van der Waals surface area (Å²) in [4.78, 5) is 10.8. The van der Waals surface area contributed by atoms with Crippen LogP contribution >= 0.6 is 0 Å². The maximum atomic E-state index is 10.8. The number of carboxylic acid groups (broad SMARTS) is 1. The van der Waals surface area contributed by atoms with Crippen molar-refractivity contribution >= 4 is 5.97 Å². The van der Waals surface area contributed by atoms with Crippen molar-refractivity contribution in [3.8, 4) is 0 Å². The Balaban J connectivity index is 1.96. The number of rotatable bonds is 4. The van der Waals surface area contributed by atoms with Crippen molar-refractivity contribution in [3.05, 3.63) is 23.2 Å². The molecule has 1 aromatic heterocycles. The van der Waals surface area contributed by atoms with Crippen molar-refractivity contribution in [2.24, 2.45) is 0 Å². The van der Waals surface area contributed by atoms with E-state index in [1.165, 1.54) is 19.3 Å². The Kier molecular flexibility index (Phi) is 2.77. The third kappa shape index (κ3) is 2.21. The molecule has 0 aromatic carbocycles. The average molecular weight is 209 g/mol. The van der Waals surface area contributed by atoms with Crippen LogP contribution in [0.5, 0.6) is 0 Å². The Morgan fingerprint density at radius 1 is 1.67 bits per heavy atom. The summed E-state index contributed by atoms with van der Waals surface area (Å²) in [5.41, 5.74) is 0.264. The minimum atomic E-state index is -0.925. The van der Waals surface area contributed by atoms with Gasteiger partial charge in [0.15, 0.2) is 0 Å². The number of hydrogen-bond acceptors (Lipinski definition) is 3. The molecule has 0 spiro atoms. The number of aryl methyl sites for hydroxylation is 1. The van der Waals surface area contributed by atoms with Crippen LogP contribution in [0.4, 0.5) is 0 Å². The van der Waals surface area contributed by atoms with E-state index in [1.54, 1.807) is 13.0 Å². The third-order valence-electron chi connectivity index (χ3n) is 2.87. The van der Waals surface area contributed by atoms with Crippen LogP contribution in [0.15, 0.2) is 10.5 Å². The standard InChI is InChI=1S/C11H15NO3/c1-7-10(11(13)14)5-9(15-7)6-12-8-3-2-4-8/h5,8,12H,2-4,6H2,1H3,(H,13,14). The zero-order chi connectivity index (χ0) is 10.8. The summed E-state index contributed by atoms with van der Waals surface area (Å²) in [5.74, 6) is 0.260. The number of carbonyl (C=O) groups is 1. The second-order valence-electron chi connectivity index (χ2n) is 4.00. The van der Waals surface area contributed by atoms with Gasteiger partial charge in [-0.3, -0.25) is 0 Å². The molecule has 4 nitrogen and oxygen atoms in total. The molecule has 0 aliphatic heterocycles. The monoisotopic (exact) mass is 209 g/mol. The molecule has 0 amide bonds. The highest BCUT2D eigenvalue weighted by molar-refractivity contribution is 5.88. The molecule has 1 fully saturated rings. The summed E-state index contributed by atoms with van der Waals surface area (Å²) in [6.07, 6.45) is 3.71. The summed E-state index contributed by atoms with van der Waals surface area (Å²) in [5, 5.41) is 12.2. The van der Waals surface area contributed by atoms with E-state index in [0.717, 1.165) is 0 Å². The predicted molar refractivity (Wildman–Crippen MR) is 54.9 cm³/mol. The topological polar surface area (TPSA) is 62.5 Å². The van der Waals surface area contributed by atoms with Crippen LogP contribution in [0.3, 0.4) is 0 Å². The molecule has 2 rings (SSSR count). The Morgan fingerprint density at radius 2 is 2.40 bits per heavy atom. The summed E-state index contributed by atoms with van der Waals surface area (Å²) in [7, 11) is 0. The quantitative estimate of drug-likeness (QED) is 0.795. The maximum Gasteiger partial charge on any atom is 0.339 e. The van der Waals surface area contributed by atoms with Gasteiger partial charge >= 0.3 is 5.97 Å². The van der Waals surface area contributed by atoms with Crippen LogP contribution in [-0.4, -0.2) is 17.1 Å². The molecule has 0 saturated heterocycles. The van der Waals surface area contributed by atoms with Gasteiger partial charge in [0.05, 0.1) is 6.54 Å². The SMILES string of the molecule is Cc1oc(CNC2CCC2)cc1C(=O)O. The highest BCUT2D eigenvalue weighted by Crippen LogP contribution is 2.20. The van der Waals surface area contributed by atoms with E-state index in [1.807, 2.05) is 0 Å². The van der Waals surface area contributed by atoms with E-state index < -0.39 is 5.97 Å². The molecule has 1 saturated carbocycles. The van der Waals surface area contributed by atoms with Gasteiger partial charge < -0.3 is 14.8 Å². The van der Waals surface area contributed by atoms with Crippen molar-refractivity contribution < 1.29 is 14.3 Å². The van der Waals surface area contributed by atoms with Crippen LogP contribution in [0.25, 0.3) is 0 Å². The molecule has 82 valence electrons. The van der Waals surface area contributed by atoms with E-state index in [9.17, 15) is 4.79 Å². The van der Waals surface area contributed by atoms with Crippen molar-refractivity contribution in [3.63, 3.8) is 0 Å². The van der Waals surface area contributed by atoms with E-state index in [4.69, 9.17) is 9.52 Å². The van der Waals surface area contributed by atoms with E-state index in [0.29, 0.717) is 24.1 Å². The molecule has 4 heteroatoms. The Morgan fingerprint density at radius 3 is 2.87 bits per heavy atom. The molecule has 0 atom stereocenters. The zero-order valence-electron chi connectivity index (χ0n) is 8.75. The van der Waals surface area contributed by atoms with Crippen LogP contribution < -0.4 is 5.32 Å². The summed E-state index contributed by atoms with van der Waals surface area (Å²) >= 11 is 0. The first-order chi connectivity index (χ1) is 7.16. The lowest BCUT2D eigenvalue weighted by Crippen LogP contribution is -2.34. The van der Waals surface area contributed by atoms with Gasteiger partial charge in [0.2, 0.25) is 0 Å². The summed E-state index contributed by atoms with van der Waals surface area (Å²) in [6, 6.07) is 2.19. The largest absolute Gasteiger partial charge is 0.478 e. The maximum absolute atomic E-state index is 10.8. The number of aromatic carboxylic acids is 1. The second kappa shape index (κ2) is 4.06. The minimum absolute atomic E-state index is 0.264. The van der Waals surface area contributed by atoms with Crippen molar-refractivity contribution in [2.45, 2.75) is 38.8 Å². The molecule has 0 bridgehead atoms. The fourth-order valence-electron chi connectivity index (χ4n) is 1.70. The Labute approximate surface area is 88.3 Å². The molecule has 2 N–H and O–H groups in total. The normalized spacial score (nSPS) is 16.3. The second-order valence-corrected chi connectivity index (χ2v) is 4.00. The van der Waals surface area contributed by atoms with E-state index in [-0.39, 0.29) is 5.56 Å². The molecule has 0 radical (unpaired) electrons. The van der Waals surface area contributed by atoms with Gasteiger partial charge in [0, 0.05) is 6.04 Å². The molecule has 15 heavy (non-hydrogen) atoms. The van der Waals surface area contributed by atoms with Gasteiger partial charge in [0.25, 0.3) is 0 Å². The lowest BCUT2D eigenvalue weighted by atomic mass is 9.93. The summed E-state index contributed by atoms with van der Waals surface area (Å²) in [6.45, 7) is 2.30. The zero-order valence-corrected chi connectivity index (χ0v) is 8.75. The molecular formula is C11H15NO3. The van der Waals surface area contributed by atoms with Gasteiger partial charge in [-0.15, -0.1) is 0 Å². The van der Waals surface area contributed by atoms with Gasteiger partial charge in [-0.2, -0.15) is 0 Å². The third-order valence-corrected chi connectivity index (χ3v) is 2.87. The predicted octanol–water partition coefficient (Wildman–Crippen LogP) is 1.93. The minimum Gasteiger partial charge on any atom is -0.478 e. The molecule has 1 heterocycles. The fourth-order valence-corrected chi connectivity index (χ4v) is 1.70. The number of nitrogens with one attached hydrogen (secondary N) is 1. The van der Waals surface area contributed by atoms with E-state index >= 15 is 0 Å². The summed E-state index contributed by atoms with van der Waals surface area (Å²) < 4.78 is 5.35. The number of hydrogen-bond donors (Lipinski definition) is 2. The average Bonchev–Trinajstić information content (AvgIpc) is 2.44. The highest BCUT2D eigenvalue weighted by atomic mass is 16.4. The smallest absolute Gasteiger partial charge is 0.339 e. The van der Waals surface area contributed by atoms with Crippen molar-refractivity contribution in [1.82, 2.24) is 5.32 Å². The Hall–Kier alpha value is -1.29. The lowest BCUT2D eigenvalue weighted by Gasteiger charge is -2.25. The number of furan rings is 1. The molecular weight excluding hydrogens is 194 g/mol. The van der Waals surface area contributed by atoms with Gasteiger partial charge in [0.1, 0.15) is 17.1 Å². The van der Waals surface area contributed by atoms with E-state index in [2.05, 4.69) is 5.32 Å². The van der Waals surface area contributed by atoms with Crippen LogP contribution in [0, 0.1) is 6.92 Å². The van der Waals surface area contributed by atoms with Gasteiger partial charge in [-0.1, -0.05) is 6.42 Å². The Bertz CT molecular complexity index is 366. The lowest BCUT2D eigenvalue weighted by molar-refractivity contribution is 0.0695.